The van der Waals surface area contributed by atoms with E-state index in [4.69, 9.17) is 0 Å². The van der Waals surface area contributed by atoms with Gasteiger partial charge in [-0.15, -0.1) is 0 Å². The van der Waals surface area contributed by atoms with Crippen molar-refractivity contribution in [3.05, 3.63) is 271 Å². The average molecular weight is 764 g/mol. The first-order valence-corrected chi connectivity index (χ1v) is 20.7. The quantitative estimate of drug-likeness (QED) is 0.149. The Kier molecular flexibility index (Phi) is 8.79. The van der Waals surface area contributed by atoms with Crippen molar-refractivity contribution in [1.82, 2.24) is 0 Å². The van der Waals surface area contributed by atoms with Gasteiger partial charge < -0.3 is 4.90 Å². The molecule has 0 amide bonds. The monoisotopic (exact) mass is 763 g/mol. The van der Waals surface area contributed by atoms with E-state index < -0.39 is 5.41 Å². The van der Waals surface area contributed by atoms with Gasteiger partial charge in [-0.3, -0.25) is 0 Å². The van der Waals surface area contributed by atoms with Gasteiger partial charge in [-0.2, -0.15) is 0 Å². The van der Waals surface area contributed by atoms with Crippen molar-refractivity contribution < 1.29 is 0 Å². The second-order valence-corrected chi connectivity index (χ2v) is 15.7. The van der Waals surface area contributed by atoms with Gasteiger partial charge in [0.2, 0.25) is 0 Å². The van der Waals surface area contributed by atoms with Gasteiger partial charge in [-0.25, -0.2) is 0 Å². The van der Waals surface area contributed by atoms with E-state index in [-0.39, 0.29) is 0 Å². The van der Waals surface area contributed by atoms with Crippen LogP contribution < -0.4 is 4.90 Å². The second-order valence-electron chi connectivity index (χ2n) is 15.7. The molecule has 0 bridgehead atoms. The molecule has 11 rings (SSSR count). The maximum absolute atomic E-state index is 2.41. The summed E-state index contributed by atoms with van der Waals surface area (Å²) in [4.78, 5) is 2.36. The highest BCUT2D eigenvalue weighted by Crippen LogP contribution is 2.56. The summed E-state index contributed by atoms with van der Waals surface area (Å²) >= 11 is 0. The maximum atomic E-state index is 2.41. The molecule has 0 saturated heterocycles. The molecule has 10 aromatic rings. The Morgan fingerprint density at radius 1 is 0.250 bits per heavy atom. The molecule has 0 fully saturated rings. The van der Waals surface area contributed by atoms with Crippen LogP contribution in [0.1, 0.15) is 22.3 Å². The van der Waals surface area contributed by atoms with Gasteiger partial charge in [0.1, 0.15) is 0 Å². The van der Waals surface area contributed by atoms with Crippen molar-refractivity contribution in [3.8, 4) is 44.5 Å². The molecular weight excluding hydrogens is 723 g/mol. The highest BCUT2D eigenvalue weighted by molar-refractivity contribution is 5.89. The molecule has 0 unspecified atom stereocenters. The van der Waals surface area contributed by atoms with Crippen molar-refractivity contribution in [3.63, 3.8) is 0 Å². The van der Waals surface area contributed by atoms with Crippen LogP contribution >= 0.6 is 0 Å². The third-order valence-electron chi connectivity index (χ3n) is 12.4. The van der Waals surface area contributed by atoms with E-state index in [1.54, 1.807) is 0 Å². The molecule has 0 spiro atoms. The minimum atomic E-state index is -0.438. The van der Waals surface area contributed by atoms with E-state index >= 15 is 0 Å². The minimum Gasteiger partial charge on any atom is -0.311 e. The largest absolute Gasteiger partial charge is 0.311 e. The molecule has 0 N–H and O–H groups in total. The summed E-state index contributed by atoms with van der Waals surface area (Å²) < 4.78 is 0. The summed E-state index contributed by atoms with van der Waals surface area (Å²) in [6.07, 6.45) is 0. The first-order valence-electron chi connectivity index (χ1n) is 20.7. The molecule has 60 heavy (non-hydrogen) atoms. The van der Waals surface area contributed by atoms with Crippen molar-refractivity contribution in [2.45, 2.75) is 5.41 Å². The van der Waals surface area contributed by atoms with E-state index in [0.29, 0.717) is 0 Å². The van der Waals surface area contributed by atoms with Crippen LogP contribution in [0, 0.1) is 0 Å². The van der Waals surface area contributed by atoms with Gasteiger partial charge >= 0.3 is 0 Å². The minimum absolute atomic E-state index is 0.438. The zero-order valence-corrected chi connectivity index (χ0v) is 33.1. The predicted octanol–water partition coefficient (Wildman–Crippen LogP) is 15.7. The third-order valence-corrected chi connectivity index (χ3v) is 12.4. The van der Waals surface area contributed by atoms with E-state index in [0.717, 1.165) is 17.1 Å². The van der Waals surface area contributed by atoms with Crippen LogP contribution in [0.5, 0.6) is 0 Å². The molecule has 0 saturated carbocycles. The van der Waals surface area contributed by atoms with Crippen LogP contribution in [0.25, 0.3) is 55.3 Å². The van der Waals surface area contributed by atoms with Gasteiger partial charge in [0.25, 0.3) is 0 Å². The number of rotatable bonds is 8. The molecule has 0 aromatic heterocycles. The smallest absolute Gasteiger partial charge is 0.0713 e. The Bertz CT molecular complexity index is 3060. The molecule has 0 radical (unpaired) electrons. The number of benzene rings is 10. The predicted molar refractivity (Wildman–Crippen MR) is 252 cm³/mol. The summed E-state index contributed by atoms with van der Waals surface area (Å²) in [6.45, 7) is 0. The molecular formula is C59H41N. The van der Waals surface area contributed by atoms with E-state index in [1.165, 1.54) is 77.5 Å². The molecule has 0 aliphatic heterocycles. The molecule has 1 heteroatoms. The number of fused-ring (bicyclic) bond motifs is 4. The maximum Gasteiger partial charge on any atom is 0.0713 e. The summed E-state index contributed by atoms with van der Waals surface area (Å²) in [5.74, 6) is 0. The lowest BCUT2D eigenvalue weighted by Crippen LogP contribution is -2.28. The van der Waals surface area contributed by atoms with Crippen LogP contribution in [0.2, 0.25) is 0 Å². The van der Waals surface area contributed by atoms with E-state index in [1.807, 2.05) is 0 Å². The van der Waals surface area contributed by atoms with Crippen molar-refractivity contribution in [2.75, 3.05) is 4.90 Å². The Balaban J connectivity index is 0.987. The first kappa shape index (κ1) is 35.4. The van der Waals surface area contributed by atoms with Gasteiger partial charge in [-0.1, -0.05) is 200 Å². The van der Waals surface area contributed by atoms with Gasteiger partial charge in [0.15, 0.2) is 0 Å². The topological polar surface area (TPSA) is 3.24 Å². The normalized spacial score (nSPS) is 12.5. The van der Waals surface area contributed by atoms with Crippen molar-refractivity contribution in [2.24, 2.45) is 0 Å². The molecule has 1 aliphatic carbocycles. The molecule has 0 atom stereocenters. The van der Waals surface area contributed by atoms with Gasteiger partial charge in [0.05, 0.1) is 5.41 Å². The van der Waals surface area contributed by atoms with Gasteiger partial charge in [0, 0.05) is 17.1 Å². The number of hydrogen-bond acceptors (Lipinski definition) is 1. The van der Waals surface area contributed by atoms with Crippen LogP contribution in [0.15, 0.2) is 249 Å². The van der Waals surface area contributed by atoms with Crippen LogP contribution in [0.3, 0.4) is 0 Å². The fourth-order valence-electron chi connectivity index (χ4n) is 9.50. The molecule has 10 aromatic carbocycles. The Labute approximate surface area is 352 Å². The SMILES string of the molecule is c1ccc(-c2ccc(N(c3ccc(-c4cccc(C5(c6ccccc6)c6ccccc6-c6ccccc65)c4)cc3)c3ccc(-c4ccc5ccccc5c4)cc3)cc2)cc1. The molecule has 1 aliphatic rings. The third kappa shape index (κ3) is 6.03. The van der Waals surface area contributed by atoms with Crippen LogP contribution in [-0.4, -0.2) is 0 Å². The Hall–Kier alpha value is -7.74. The summed E-state index contributed by atoms with van der Waals surface area (Å²) in [5.41, 5.74) is 17.8. The zero-order chi connectivity index (χ0) is 39.9. The van der Waals surface area contributed by atoms with Crippen molar-refractivity contribution in [1.29, 1.82) is 0 Å². The fourth-order valence-corrected chi connectivity index (χ4v) is 9.50. The summed E-state index contributed by atoms with van der Waals surface area (Å²) in [7, 11) is 0. The fraction of sp³-hybridized carbons (Fsp3) is 0.0169. The zero-order valence-electron chi connectivity index (χ0n) is 33.1. The average Bonchev–Trinajstić information content (AvgIpc) is 3.64. The van der Waals surface area contributed by atoms with E-state index in [9.17, 15) is 0 Å². The Morgan fingerprint density at radius 2 is 0.650 bits per heavy atom. The lowest BCUT2D eigenvalue weighted by Gasteiger charge is -2.34. The Morgan fingerprint density at radius 3 is 1.23 bits per heavy atom. The lowest BCUT2D eigenvalue weighted by atomic mass is 9.67. The highest BCUT2D eigenvalue weighted by Gasteiger charge is 2.45. The highest BCUT2D eigenvalue weighted by atomic mass is 15.1. The second kappa shape index (κ2) is 14.9. The standard InChI is InChI=1S/C59H41N/c1-3-14-42(15-4-1)44-28-34-52(35-29-44)60(54-38-32-46(33-39-54)49-27-26-43-16-7-8-17-47(43)40-49)53-36-30-45(31-37-53)48-18-13-21-51(41-48)59(50-19-5-2-6-20-50)57-24-11-9-22-55(57)56-23-10-12-25-58(56)59/h1-41H. The number of hydrogen-bond donors (Lipinski definition) is 0. The molecule has 0 heterocycles. The first-order chi connectivity index (χ1) is 29.7. The summed E-state index contributed by atoms with van der Waals surface area (Å²) in [5, 5.41) is 2.50. The lowest BCUT2D eigenvalue weighted by molar-refractivity contribution is 0.769. The van der Waals surface area contributed by atoms with Crippen LogP contribution in [0.4, 0.5) is 17.1 Å². The van der Waals surface area contributed by atoms with E-state index in [2.05, 4.69) is 254 Å². The molecule has 282 valence electrons. The van der Waals surface area contributed by atoms with Gasteiger partial charge in [-0.05, 0) is 126 Å². The summed E-state index contributed by atoms with van der Waals surface area (Å²) in [6, 6.07) is 90.9. The number of nitrogens with zero attached hydrogens (tertiary/aromatic N) is 1. The number of anilines is 3. The van der Waals surface area contributed by atoms with Crippen molar-refractivity contribution >= 4 is 27.8 Å². The van der Waals surface area contributed by atoms with Crippen LogP contribution in [-0.2, 0) is 5.41 Å². The molecule has 1 nitrogen and oxygen atoms in total.